The van der Waals surface area contributed by atoms with Crippen molar-refractivity contribution >= 4 is 81.3 Å². The van der Waals surface area contributed by atoms with E-state index < -0.39 is 13.8 Å². The van der Waals surface area contributed by atoms with Crippen LogP contribution in [-0.4, -0.2) is 32.5 Å². The molecular formula is C12H11Cl6N3O+2. The van der Waals surface area contributed by atoms with Gasteiger partial charge in [0.1, 0.15) is 5.75 Å². The molecule has 0 radical (unpaired) electrons. The lowest BCUT2D eigenvalue weighted by Crippen LogP contribution is -3.10. The molecule has 0 aliphatic carbocycles. The first-order chi connectivity index (χ1) is 10.1. The van der Waals surface area contributed by atoms with E-state index in [0.717, 1.165) is 5.56 Å². The van der Waals surface area contributed by atoms with Crippen molar-refractivity contribution in [2.24, 2.45) is 0 Å². The van der Waals surface area contributed by atoms with Crippen molar-refractivity contribution in [3.8, 4) is 5.75 Å². The van der Waals surface area contributed by atoms with Gasteiger partial charge < -0.3 is 4.74 Å². The van der Waals surface area contributed by atoms with E-state index in [9.17, 15) is 0 Å². The van der Waals surface area contributed by atoms with Gasteiger partial charge in [-0.15, -0.1) is 0 Å². The summed E-state index contributed by atoms with van der Waals surface area (Å²) in [6.07, 6.45) is -0.790. The molecule has 1 atom stereocenters. The number of hydrogen-bond donors (Lipinski definition) is 3. The number of alkyl halides is 6. The molecular weight excluding hydrogens is 415 g/mol. The van der Waals surface area contributed by atoms with Crippen molar-refractivity contribution in [1.29, 1.82) is 0 Å². The Balaban J connectivity index is 2.40. The first kappa shape index (κ1) is 18.2. The van der Waals surface area contributed by atoms with Crippen molar-refractivity contribution in [1.82, 2.24) is 5.32 Å². The highest BCUT2D eigenvalue weighted by molar-refractivity contribution is 6.76. The summed E-state index contributed by atoms with van der Waals surface area (Å²) in [4.78, 5) is 5.82. The smallest absolute Gasteiger partial charge is 0.307 e. The topological polar surface area (TPSA) is 49.2 Å². The van der Waals surface area contributed by atoms with E-state index in [2.05, 4.69) is 15.3 Å². The second kappa shape index (κ2) is 6.80. The number of amidine groups is 2. The van der Waals surface area contributed by atoms with Crippen LogP contribution in [0.1, 0.15) is 5.56 Å². The van der Waals surface area contributed by atoms with E-state index in [1.165, 1.54) is 0 Å². The molecule has 22 heavy (non-hydrogen) atoms. The largest absolute Gasteiger partial charge is 0.497 e. The van der Waals surface area contributed by atoms with E-state index in [1.807, 2.05) is 12.1 Å². The van der Waals surface area contributed by atoms with Crippen LogP contribution in [0, 0.1) is 0 Å². The number of halogens is 6. The predicted octanol–water partition coefficient (Wildman–Crippen LogP) is 0.671. The van der Waals surface area contributed by atoms with Crippen LogP contribution >= 0.6 is 69.6 Å². The van der Waals surface area contributed by atoms with Crippen LogP contribution < -0.4 is 20.0 Å². The monoisotopic (exact) mass is 423 g/mol. The van der Waals surface area contributed by atoms with Gasteiger partial charge in [-0.05, 0) is 24.3 Å². The molecule has 10 heteroatoms. The Labute approximate surface area is 157 Å². The Bertz CT molecular complexity index is 603. The molecule has 0 fully saturated rings. The van der Waals surface area contributed by atoms with Crippen molar-refractivity contribution in [3.63, 3.8) is 0 Å². The van der Waals surface area contributed by atoms with Crippen LogP contribution in [0.5, 0.6) is 5.75 Å². The van der Waals surface area contributed by atoms with Crippen LogP contribution in [0.25, 0.3) is 0 Å². The summed E-state index contributed by atoms with van der Waals surface area (Å²) in [5, 5.41) is 2.95. The van der Waals surface area contributed by atoms with E-state index in [0.29, 0.717) is 11.6 Å². The summed E-state index contributed by atoms with van der Waals surface area (Å²) < 4.78 is 1.72. The summed E-state index contributed by atoms with van der Waals surface area (Å²) in [7, 11) is 1.58. The van der Waals surface area contributed by atoms with Crippen LogP contribution in [0.2, 0.25) is 0 Å². The number of rotatable bonds is 2. The molecule has 1 heterocycles. The van der Waals surface area contributed by atoms with Gasteiger partial charge in [0, 0.05) is 0 Å². The SMILES string of the molecule is COc1ccc(C2=[NH+][C@@H](C(Cl)(Cl)Cl)[NH+]=C(C(Cl)(Cl)Cl)N2)cc1. The summed E-state index contributed by atoms with van der Waals surface area (Å²) >= 11 is 35.5. The Hall–Kier alpha value is -0.100. The maximum atomic E-state index is 5.93. The van der Waals surface area contributed by atoms with E-state index >= 15 is 0 Å². The molecule has 0 bridgehead atoms. The highest BCUT2D eigenvalue weighted by Gasteiger charge is 2.46. The van der Waals surface area contributed by atoms with Gasteiger partial charge in [-0.3, -0.25) is 0 Å². The van der Waals surface area contributed by atoms with E-state index in [4.69, 9.17) is 74.3 Å². The van der Waals surface area contributed by atoms with Gasteiger partial charge in [0.2, 0.25) is 0 Å². The average Bonchev–Trinajstić information content (AvgIpc) is 2.45. The van der Waals surface area contributed by atoms with Gasteiger partial charge in [-0.25, -0.2) is 15.3 Å². The molecule has 0 spiro atoms. The molecule has 0 saturated heterocycles. The zero-order valence-corrected chi connectivity index (χ0v) is 15.6. The minimum absolute atomic E-state index is 0.179. The normalized spacial score (nSPS) is 19.1. The third kappa shape index (κ3) is 4.47. The van der Waals surface area contributed by atoms with Gasteiger partial charge in [-0.2, -0.15) is 0 Å². The minimum Gasteiger partial charge on any atom is -0.497 e. The number of benzene rings is 1. The molecule has 0 aromatic heterocycles. The first-order valence-corrected chi connectivity index (χ1v) is 8.20. The van der Waals surface area contributed by atoms with Crippen molar-refractivity contribution in [3.05, 3.63) is 29.8 Å². The quantitative estimate of drug-likeness (QED) is 0.610. The molecule has 1 aliphatic rings. The molecule has 0 unspecified atom stereocenters. The number of nitrogens with one attached hydrogen (secondary N) is 3. The van der Waals surface area contributed by atoms with Gasteiger partial charge in [-0.1, -0.05) is 69.6 Å². The van der Waals surface area contributed by atoms with Crippen LogP contribution in [0.3, 0.4) is 0 Å². The molecule has 1 aromatic carbocycles. The Morgan fingerprint density at radius 1 is 1.00 bits per heavy atom. The Kier molecular flexibility index (Phi) is 5.63. The second-order valence-corrected chi connectivity index (χ2v) is 9.01. The fraction of sp³-hybridized carbons (Fsp3) is 0.333. The summed E-state index contributed by atoms with van der Waals surface area (Å²) in [6, 6.07) is 7.19. The van der Waals surface area contributed by atoms with Crippen LogP contribution in [0.4, 0.5) is 0 Å². The third-order valence-electron chi connectivity index (χ3n) is 2.82. The summed E-state index contributed by atoms with van der Waals surface area (Å²) in [6.45, 7) is 0. The van der Waals surface area contributed by atoms with Crippen molar-refractivity contribution in [2.75, 3.05) is 7.11 Å². The van der Waals surface area contributed by atoms with Crippen LogP contribution in [-0.2, 0) is 0 Å². The lowest BCUT2D eigenvalue weighted by atomic mass is 10.2. The highest BCUT2D eigenvalue weighted by Crippen LogP contribution is 2.28. The molecule has 120 valence electrons. The second-order valence-electron chi connectivity index (χ2n) is 4.36. The fourth-order valence-electron chi connectivity index (χ4n) is 1.75. The predicted molar refractivity (Wildman–Crippen MR) is 91.5 cm³/mol. The van der Waals surface area contributed by atoms with Gasteiger partial charge >= 0.3 is 5.84 Å². The van der Waals surface area contributed by atoms with Gasteiger partial charge in [0.05, 0.1) is 12.7 Å². The molecule has 4 nitrogen and oxygen atoms in total. The lowest BCUT2D eigenvalue weighted by Gasteiger charge is -2.21. The summed E-state index contributed by atoms with van der Waals surface area (Å²) in [5.41, 5.74) is 0.772. The Morgan fingerprint density at radius 3 is 2.05 bits per heavy atom. The molecule has 3 N–H and O–H groups in total. The molecule has 1 aliphatic heterocycles. The fourth-order valence-corrected chi connectivity index (χ4v) is 2.38. The summed E-state index contributed by atoms with van der Waals surface area (Å²) in [5.74, 6) is 1.42. The third-order valence-corrected chi connectivity index (χ3v) is 4.04. The zero-order valence-electron chi connectivity index (χ0n) is 11.1. The molecule has 0 amide bonds. The molecule has 0 saturated carbocycles. The van der Waals surface area contributed by atoms with Gasteiger partial charge in [0.25, 0.3) is 19.6 Å². The number of methoxy groups -OCH3 is 1. The van der Waals surface area contributed by atoms with Crippen molar-refractivity contribution in [2.45, 2.75) is 13.8 Å². The lowest BCUT2D eigenvalue weighted by molar-refractivity contribution is -0.740. The number of hydrogen-bond acceptors (Lipinski definition) is 2. The highest BCUT2D eigenvalue weighted by atomic mass is 35.6. The average molecular weight is 426 g/mol. The maximum Gasteiger partial charge on any atom is 0.307 e. The molecule has 1 aromatic rings. The van der Waals surface area contributed by atoms with Gasteiger partial charge in [0.15, 0.2) is 0 Å². The first-order valence-electron chi connectivity index (χ1n) is 5.93. The van der Waals surface area contributed by atoms with Crippen LogP contribution in [0.15, 0.2) is 24.3 Å². The van der Waals surface area contributed by atoms with E-state index in [-0.39, 0.29) is 5.84 Å². The minimum atomic E-state index is -1.73. The molecule has 2 rings (SSSR count). The van der Waals surface area contributed by atoms with Crippen molar-refractivity contribution < 1.29 is 14.7 Å². The number of ether oxygens (including phenoxy) is 1. The standard InChI is InChI=1S/C12H9Cl6N3O/c1-22-7-4-2-6(3-5-7)8-19-9(11(13,14)15)21-10(20-8)12(16,17)18/h2-5,9H,1H3,(H,19,20,21)/p+2/t9-/m1/s1. The zero-order chi connectivity index (χ0) is 16.5. The van der Waals surface area contributed by atoms with E-state index in [1.54, 1.807) is 19.2 Å². The Morgan fingerprint density at radius 2 is 1.59 bits per heavy atom. The maximum absolute atomic E-state index is 5.93.